The van der Waals surface area contributed by atoms with E-state index >= 15 is 0 Å². The number of allylic oxidation sites excluding steroid dienone is 1. The molecular weight excluding hydrogens is 203 g/mol. The average Bonchev–Trinajstić information content (AvgIpc) is 2.20. The van der Waals surface area contributed by atoms with Gasteiger partial charge in [0.25, 0.3) is 0 Å². The van der Waals surface area contributed by atoms with Crippen molar-refractivity contribution in [3.63, 3.8) is 0 Å². The quantitative estimate of drug-likeness (QED) is 0.668. The molecule has 0 aromatic rings. The Morgan fingerprint density at radius 3 is 2.50 bits per heavy atom. The minimum atomic E-state index is -3.06. The summed E-state index contributed by atoms with van der Waals surface area (Å²) in [6, 6.07) is 0. The summed E-state index contributed by atoms with van der Waals surface area (Å²) in [5.74, 6) is 0. The minimum Gasteiger partial charge on any atom is -0.501 e. The zero-order valence-corrected chi connectivity index (χ0v) is 9.59. The third-order valence-electron chi connectivity index (χ3n) is 1.86. The molecule has 1 aliphatic heterocycles. The van der Waals surface area contributed by atoms with Crippen molar-refractivity contribution in [1.29, 1.82) is 0 Å². The van der Waals surface area contributed by atoms with Crippen LogP contribution in [0.4, 0.5) is 0 Å². The van der Waals surface area contributed by atoms with Gasteiger partial charge in [-0.15, -0.1) is 0 Å². The fourth-order valence-electron chi connectivity index (χ4n) is 1.30. The van der Waals surface area contributed by atoms with E-state index in [9.17, 15) is 4.57 Å². The van der Waals surface area contributed by atoms with Gasteiger partial charge in [-0.1, -0.05) is 0 Å². The molecule has 0 bridgehead atoms. The molecule has 0 saturated carbocycles. The van der Waals surface area contributed by atoms with E-state index in [1.807, 2.05) is 0 Å². The molecule has 0 N–H and O–H groups in total. The van der Waals surface area contributed by atoms with Crippen molar-refractivity contribution < 1.29 is 18.3 Å². The normalized spacial score (nSPS) is 17.4. The van der Waals surface area contributed by atoms with Crippen molar-refractivity contribution in [1.82, 2.24) is 0 Å². The second kappa shape index (κ2) is 5.54. The largest absolute Gasteiger partial charge is 0.501 e. The van der Waals surface area contributed by atoms with Gasteiger partial charge in [-0.3, -0.25) is 4.57 Å². The zero-order chi connectivity index (χ0) is 10.4. The van der Waals surface area contributed by atoms with E-state index in [2.05, 4.69) is 0 Å². The molecule has 4 nitrogen and oxygen atoms in total. The molecule has 0 aromatic heterocycles. The Morgan fingerprint density at radius 2 is 2.07 bits per heavy atom. The van der Waals surface area contributed by atoms with Crippen molar-refractivity contribution in [3.8, 4) is 0 Å². The highest BCUT2D eigenvalue weighted by atomic mass is 31.2. The Hall–Kier alpha value is -0.310. The van der Waals surface area contributed by atoms with Gasteiger partial charge in [-0.25, -0.2) is 0 Å². The summed E-state index contributed by atoms with van der Waals surface area (Å²) in [7, 11) is -3.06. The summed E-state index contributed by atoms with van der Waals surface area (Å²) in [6.45, 7) is 5.05. The van der Waals surface area contributed by atoms with Gasteiger partial charge in [-0.05, 0) is 26.7 Å². The topological polar surface area (TPSA) is 44.8 Å². The van der Waals surface area contributed by atoms with Crippen LogP contribution in [-0.4, -0.2) is 19.8 Å². The Morgan fingerprint density at radius 1 is 1.43 bits per heavy atom. The first-order valence-corrected chi connectivity index (χ1v) is 6.47. The molecule has 82 valence electrons. The van der Waals surface area contributed by atoms with Gasteiger partial charge in [0.2, 0.25) is 0 Å². The van der Waals surface area contributed by atoms with Crippen LogP contribution in [0.1, 0.15) is 26.7 Å². The van der Waals surface area contributed by atoms with Gasteiger partial charge < -0.3 is 13.8 Å². The molecule has 5 heteroatoms. The zero-order valence-electron chi connectivity index (χ0n) is 8.69. The SMILES string of the molecule is CCOP(=O)(OCC)C1=COCCC1. The maximum Gasteiger partial charge on any atom is 0.360 e. The number of ether oxygens (including phenoxy) is 1. The van der Waals surface area contributed by atoms with Crippen molar-refractivity contribution in [2.24, 2.45) is 0 Å². The lowest BCUT2D eigenvalue weighted by atomic mass is 10.3. The smallest absolute Gasteiger partial charge is 0.360 e. The number of hydrogen-bond acceptors (Lipinski definition) is 4. The van der Waals surface area contributed by atoms with Crippen LogP contribution in [0.15, 0.2) is 11.6 Å². The highest BCUT2D eigenvalue weighted by Gasteiger charge is 2.30. The fourth-order valence-corrected chi connectivity index (χ4v) is 3.02. The van der Waals surface area contributed by atoms with Gasteiger partial charge in [0.05, 0.1) is 31.4 Å². The Labute approximate surface area is 84.8 Å². The molecule has 0 saturated heterocycles. The predicted molar refractivity (Wildman–Crippen MR) is 54.1 cm³/mol. The summed E-state index contributed by atoms with van der Waals surface area (Å²) >= 11 is 0. The summed E-state index contributed by atoms with van der Waals surface area (Å²) in [5, 5.41) is 0.660. The molecule has 1 aliphatic rings. The number of rotatable bonds is 5. The van der Waals surface area contributed by atoms with Crippen LogP contribution in [-0.2, 0) is 18.3 Å². The molecule has 0 radical (unpaired) electrons. The van der Waals surface area contributed by atoms with Crippen LogP contribution in [0.2, 0.25) is 0 Å². The lowest BCUT2D eigenvalue weighted by Gasteiger charge is -2.22. The molecule has 0 unspecified atom stereocenters. The van der Waals surface area contributed by atoms with Crippen molar-refractivity contribution in [2.45, 2.75) is 26.7 Å². The Kier molecular flexibility index (Phi) is 4.66. The molecule has 1 heterocycles. The minimum absolute atomic E-state index is 0.384. The van der Waals surface area contributed by atoms with E-state index in [-0.39, 0.29) is 0 Å². The van der Waals surface area contributed by atoms with E-state index < -0.39 is 7.60 Å². The molecule has 0 spiro atoms. The van der Waals surface area contributed by atoms with Crippen LogP contribution in [0.3, 0.4) is 0 Å². The standard InChI is InChI=1S/C9H17O4P/c1-3-12-14(10,13-4-2)9-6-5-7-11-8-9/h8H,3-7H2,1-2H3. The van der Waals surface area contributed by atoms with Gasteiger partial charge in [0.15, 0.2) is 0 Å². The monoisotopic (exact) mass is 220 g/mol. The summed E-state index contributed by atoms with van der Waals surface area (Å²) < 4.78 is 27.7. The van der Waals surface area contributed by atoms with Gasteiger partial charge in [0.1, 0.15) is 0 Å². The fraction of sp³-hybridized carbons (Fsp3) is 0.778. The first-order chi connectivity index (χ1) is 6.73. The van der Waals surface area contributed by atoms with E-state index in [4.69, 9.17) is 13.8 Å². The molecule has 14 heavy (non-hydrogen) atoms. The highest BCUT2D eigenvalue weighted by molar-refractivity contribution is 7.58. The Balaban J connectivity index is 2.74. The molecule has 0 atom stereocenters. The first kappa shape index (κ1) is 11.8. The van der Waals surface area contributed by atoms with E-state index in [0.717, 1.165) is 12.8 Å². The van der Waals surface area contributed by atoms with Crippen LogP contribution < -0.4 is 0 Å². The van der Waals surface area contributed by atoms with Gasteiger partial charge in [-0.2, -0.15) is 0 Å². The second-order valence-electron chi connectivity index (χ2n) is 2.92. The van der Waals surface area contributed by atoms with E-state index in [1.165, 1.54) is 6.26 Å². The van der Waals surface area contributed by atoms with Crippen molar-refractivity contribution >= 4 is 7.60 Å². The maximum atomic E-state index is 12.2. The average molecular weight is 220 g/mol. The molecule has 0 amide bonds. The van der Waals surface area contributed by atoms with Gasteiger partial charge >= 0.3 is 7.60 Å². The van der Waals surface area contributed by atoms with Crippen LogP contribution in [0, 0.1) is 0 Å². The van der Waals surface area contributed by atoms with E-state index in [1.54, 1.807) is 13.8 Å². The Bertz CT molecular complexity index is 239. The van der Waals surface area contributed by atoms with E-state index in [0.29, 0.717) is 25.1 Å². The van der Waals surface area contributed by atoms with Crippen LogP contribution >= 0.6 is 7.60 Å². The lowest BCUT2D eigenvalue weighted by Crippen LogP contribution is -2.04. The molecule has 0 aliphatic carbocycles. The number of hydrogen-bond donors (Lipinski definition) is 0. The third-order valence-corrected chi connectivity index (χ3v) is 4.09. The van der Waals surface area contributed by atoms with Crippen LogP contribution in [0.25, 0.3) is 0 Å². The maximum absolute atomic E-state index is 12.2. The van der Waals surface area contributed by atoms with Crippen molar-refractivity contribution in [2.75, 3.05) is 19.8 Å². The highest BCUT2D eigenvalue weighted by Crippen LogP contribution is 2.58. The van der Waals surface area contributed by atoms with Gasteiger partial charge in [0, 0.05) is 0 Å². The lowest BCUT2D eigenvalue weighted by molar-refractivity contribution is 0.205. The molecule has 0 aromatic carbocycles. The summed E-state index contributed by atoms with van der Waals surface area (Å²) in [5.41, 5.74) is 0. The predicted octanol–water partition coefficient (Wildman–Crippen LogP) is 2.90. The third kappa shape index (κ3) is 2.84. The first-order valence-electron chi connectivity index (χ1n) is 4.93. The van der Waals surface area contributed by atoms with Crippen molar-refractivity contribution in [3.05, 3.63) is 11.6 Å². The second-order valence-corrected chi connectivity index (χ2v) is 5.00. The molecule has 1 rings (SSSR count). The molecule has 0 fully saturated rings. The summed E-state index contributed by atoms with van der Waals surface area (Å²) in [4.78, 5) is 0. The van der Waals surface area contributed by atoms with Crippen LogP contribution in [0.5, 0.6) is 0 Å². The summed E-state index contributed by atoms with van der Waals surface area (Å²) in [6.07, 6.45) is 3.13. The molecular formula is C9H17O4P.